The van der Waals surface area contributed by atoms with Crippen LogP contribution in [-0.4, -0.2) is 6.61 Å². The molecule has 0 saturated heterocycles. The minimum atomic E-state index is -0.243. The lowest BCUT2D eigenvalue weighted by Gasteiger charge is -2.37. The van der Waals surface area contributed by atoms with E-state index in [1.165, 1.54) is 36.8 Å². The van der Waals surface area contributed by atoms with Crippen LogP contribution in [0.4, 0.5) is 0 Å². The molecule has 0 amide bonds. The van der Waals surface area contributed by atoms with Gasteiger partial charge in [0, 0.05) is 5.41 Å². The van der Waals surface area contributed by atoms with Crippen LogP contribution in [0.5, 0.6) is 0 Å². The fourth-order valence-electron chi connectivity index (χ4n) is 3.04. The molecule has 1 aromatic carbocycles. The lowest BCUT2D eigenvalue weighted by atomic mass is 9.76. The first-order chi connectivity index (χ1) is 7.32. The van der Waals surface area contributed by atoms with Crippen LogP contribution in [0, 0.1) is 0 Å². The Hall–Kier alpha value is -0.530. The summed E-state index contributed by atoms with van der Waals surface area (Å²) in [7, 11) is 0. The molecule has 3 rings (SSSR count). The van der Waals surface area contributed by atoms with Gasteiger partial charge in [-0.2, -0.15) is 0 Å². The number of rotatable bonds is 0. The molecule has 1 atom stereocenters. The second-order valence-corrected chi connectivity index (χ2v) is 5.10. The summed E-state index contributed by atoms with van der Waals surface area (Å²) in [5, 5.41) is 0. The van der Waals surface area contributed by atoms with Gasteiger partial charge in [-0.15, -0.1) is 0 Å². The molecule has 1 unspecified atom stereocenters. The summed E-state index contributed by atoms with van der Waals surface area (Å²) in [4.78, 5) is 0. The standard InChI is InChI=1S/C13H15ClO/c14-12-10-5-1-2-6-11(10)13(9-15-12)7-3-4-8-13/h1-2,5-6,12H,3-4,7-9H2. The van der Waals surface area contributed by atoms with Gasteiger partial charge in [-0.25, -0.2) is 0 Å². The van der Waals surface area contributed by atoms with Crippen molar-refractivity contribution in [3.05, 3.63) is 35.4 Å². The highest BCUT2D eigenvalue weighted by atomic mass is 35.5. The Bertz CT molecular complexity index is 369. The molecule has 15 heavy (non-hydrogen) atoms. The van der Waals surface area contributed by atoms with Crippen molar-refractivity contribution in [3.63, 3.8) is 0 Å². The minimum absolute atomic E-state index is 0.243. The molecular weight excluding hydrogens is 208 g/mol. The van der Waals surface area contributed by atoms with Crippen LogP contribution in [0.15, 0.2) is 24.3 Å². The van der Waals surface area contributed by atoms with Crippen LogP contribution in [0.3, 0.4) is 0 Å². The number of halogens is 1. The van der Waals surface area contributed by atoms with Gasteiger partial charge in [0.1, 0.15) is 0 Å². The number of benzene rings is 1. The van der Waals surface area contributed by atoms with Crippen molar-refractivity contribution in [1.29, 1.82) is 0 Å². The molecule has 1 fully saturated rings. The van der Waals surface area contributed by atoms with E-state index in [9.17, 15) is 0 Å². The maximum atomic E-state index is 6.19. The molecule has 0 bridgehead atoms. The number of alkyl halides is 1. The molecule has 0 aromatic heterocycles. The van der Waals surface area contributed by atoms with Gasteiger partial charge in [-0.1, -0.05) is 48.7 Å². The van der Waals surface area contributed by atoms with E-state index in [1.807, 2.05) is 6.07 Å². The smallest absolute Gasteiger partial charge is 0.157 e. The quantitative estimate of drug-likeness (QED) is 0.608. The Morgan fingerprint density at radius 3 is 2.73 bits per heavy atom. The van der Waals surface area contributed by atoms with E-state index >= 15 is 0 Å². The van der Waals surface area contributed by atoms with Crippen LogP contribution in [0.1, 0.15) is 42.4 Å². The van der Waals surface area contributed by atoms with Crippen LogP contribution in [0.2, 0.25) is 0 Å². The third-order valence-corrected chi connectivity index (χ3v) is 4.20. The molecule has 1 saturated carbocycles. The summed E-state index contributed by atoms with van der Waals surface area (Å²) < 4.78 is 5.71. The summed E-state index contributed by atoms with van der Waals surface area (Å²) in [5.74, 6) is 0. The molecule has 0 radical (unpaired) electrons. The van der Waals surface area contributed by atoms with Gasteiger partial charge in [0.25, 0.3) is 0 Å². The molecule has 0 N–H and O–H groups in total. The average Bonchev–Trinajstić information content (AvgIpc) is 2.74. The van der Waals surface area contributed by atoms with Gasteiger partial charge in [0.15, 0.2) is 5.56 Å². The van der Waals surface area contributed by atoms with Crippen molar-refractivity contribution in [1.82, 2.24) is 0 Å². The molecule has 1 heterocycles. The van der Waals surface area contributed by atoms with Gasteiger partial charge in [-0.3, -0.25) is 0 Å². The van der Waals surface area contributed by atoms with Crippen molar-refractivity contribution in [2.45, 2.75) is 36.7 Å². The maximum absolute atomic E-state index is 6.19. The maximum Gasteiger partial charge on any atom is 0.157 e. The van der Waals surface area contributed by atoms with Crippen molar-refractivity contribution < 1.29 is 4.74 Å². The minimum Gasteiger partial charge on any atom is -0.357 e. The first-order valence-electron chi connectivity index (χ1n) is 5.67. The number of fused-ring (bicyclic) bond motifs is 2. The zero-order chi connectivity index (χ0) is 10.3. The third-order valence-electron chi connectivity index (χ3n) is 3.84. The number of hydrogen-bond donors (Lipinski definition) is 0. The second-order valence-electron chi connectivity index (χ2n) is 4.70. The van der Waals surface area contributed by atoms with Gasteiger partial charge in [0.2, 0.25) is 0 Å². The van der Waals surface area contributed by atoms with Gasteiger partial charge < -0.3 is 4.74 Å². The topological polar surface area (TPSA) is 9.23 Å². The fraction of sp³-hybridized carbons (Fsp3) is 0.538. The van der Waals surface area contributed by atoms with Crippen LogP contribution in [0.25, 0.3) is 0 Å². The molecule has 1 nitrogen and oxygen atoms in total. The highest BCUT2D eigenvalue weighted by molar-refractivity contribution is 6.20. The normalized spacial score (nSPS) is 27.9. The average molecular weight is 223 g/mol. The monoisotopic (exact) mass is 222 g/mol. The van der Waals surface area contributed by atoms with Crippen LogP contribution >= 0.6 is 11.6 Å². The zero-order valence-electron chi connectivity index (χ0n) is 8.71. The summed E-state index contributed by atoms with van der Waals surface area (Å²) in [5.41, 5.74) is 2.66. The summed E-state index contributed by atoms with van der Waals surface area (Å²) in [6.07, 6.45) is 5.16. The largest absolute Gasteiger partial charge is 0.357 e. The highest BCUT2D eigenvalue weighted by Gasteiger charge is 2.41. The third kappa shape index (κ3) is 1.41. The second kappa shape index (κ2) is 3.50. The molecule has 1 aliphatic heterocycles. The van der Waals surface area contributed by atoms with E-state index in [-0.39, 0.29) is 11.0 Å². The fourth-order valence-corrected chi connectivity index (χ4v) is 3.30. The number of ether oxygens (including phenoxy) is 1. The van der Waals surface area contributed by atoms with Crippen molar-refractivity contribution in [2.75, 3.05) is 6.61 Å². The molecular formula is C13H15ClO. The van der Waals surface area contributed by atoms with Gasteiger partial charge in [-0.05, 0) is 24.0 Å². The predicted molar refractivity (Wildman–Crippen MR) is 61.1 cm³/mol. The van der Waals surface area contributed by atoms with Gasteiger partial charge in [0.05, 0.1) is 6.61 Å². The van der Waals surface area contributed by atoms with Crippen LogP contribution < -0.4 is 0 Å². The van der Waals surface area contributed by atoms with E-state index < -0.39 is 0 Å². The van der Waals surface area contributed by atoms with Crippen LogP contribution in [-0.2, 0) is 10.2 Å². The highest BCUT2D eigenvalue weighted by Crippen LogP contribution is 2.48. The first kappa shape index (κ1) is 9.68. The summed E-state index contributed by atoms with van der Waals surface area (Å²) in [6, 6.07) is 8.50. The lowest BCUT2D eigenvalue weighted by molar-refractivity contribution is 0.0429. The lowest BCUT2D eigenvalue weighted by Crippen LogP contribution is -2.34. The molecule has 80 valence electrons. The molecule has 2 heteroatoms. The Kier molecular flexibility index (Phi) is 2.26. The summed E-state index contributed by atoms with van der Waals surface area (Å²) >= 11 is 6.19. The first-order valence-corrected chi connectivity index (χ1v) is 6.11. The molecule has 2 aliphatic rings. The Labute approximate surface area is 95.4 Å². The SMILES string of the molecule is ClC1OCC2(CCCC2)c2ccccc21. The summed E-state index contributed by atoms with van der Waals surface area (Å²) in [6.45, 7) is 0.804. The molecule has 1 aliphatic carbocycles. The Morgan fingerprint density at radius 2 is 1.93 bits per heavy atom. The molecule has 1 aromatic rings. The van der Waals surface area contributed by atoms with E-state index in [1.54, 1.807) is 0 Å². The zero-order valence-corrected chi connectivity index (χ0v) is 9.46. The Morgan fingerprint density at radius 1 is 1.20 bits per heavy atom. The van der Waals surface area contributed by atoms with E-state index in [0.717, 1.165) is 6.61 Å². The molecule has 1 spiro atoms. The number of hydrogen-bond acceptors (Lipinski definition) is 1. The van der Waals surface area contributed by atoms with Gasteiger partial charge >= 0.3 is 0 Å². The predicted octanol–water partition coefficient (Wildman–Crippen LogP) is 3.77. The Balaban J connectivity index is 2.11. The van der Waals surface area contributed by atoms with Crippen molar-refractivity contribution >= 4 is 11.6 Å². The van der Waals surface area contributed by atoms with Crippen molar-refractivity contribution in [3.8, 4) is 0 Å². The van der Waals surface area contributed by atoms with Crippen molar-refractivity contribution in [2.24, 2.45) is 0 Å². The van der Waals surface area contributed by atoms with E-state index in [2.05, 4.69) is 18.2 Å². The van der Waals surface area contributed by atoms with E-state index in [0.29, 0.717) is 0 Å². The van der Waals surface area contributed by atoms with E-state index in [4.69, 9.17) is 16.3 Å².